The van der Waals surface area contributed by atoms with Crippen LogP contribution in [0.5, 0.6) is 0 Å². The third kappa shape index (κ3) is 4.21. The van der Waals surface area contributed by atoms with Crippen LogP contribution in [-0.4, -0.2) is 0 Å². The van der Waals surface area contributed by atoms with Crippen molar-refractivity contribution >= 4 is 11.4 Å². The first-order valence-corrected chi connectivity index (χ1v) is 13.9. The molecule has 0 bridgehead atoms. The van der Waals surface area contributed by atoms with Crippen LogP contribution in [0.2, 0.25) is 0 Å². The number of hydrogen-bond acceptors (Lipinski definition) is 1. The predicted octanol–water partition coefficient (Wildman–Crippen LogP) is 10.7. The summed E-state index contributed by atoms with van der Waals surface area (Å²) in [6, 6.07) is 52.4. The number of fused-ring (bicyclic) bond motifs is 3. The van der Waals surface area contributed by atoms with Crippen molar-refractivity contribution in [3.05, 3.63) is 157 Å². The van der Waals surface area contributed by atoms with Crippen molar-refractivity contribution in [2.45, 2.75) is 19.3 Å². The van der Waals surface area contributed by atoms with E-state index in [2.05, 4.69) is 159 Å². The molecule has 0 atom stereocenters. The SMILES string of the molecule is CC1(C)c2cc(-c3cc(Nc4ccccc4)cc(-c4ccccc4)c3)ccc2-c2c(-c3ccccc3)cccc21. The maximum absolute atomic E-state index is 3.63. The first-order valence-electron chi connectivity index (χ1n) is 13.9. The fourth-order valence-corrected chi connectivity index (χ4v) is 6.18. The summed E-state index contributed by atoms with van der Waals surface area (Å²) in [5, 5.41) is 3.63. The average molecular weight is 514 g/mol. The lowest BCUT2D eigenvalue weighted by molar-refractivity contribution is 0.660. The van der Waals surface area contributed by atoms with E-state index in [4.69, 9.17) is 0 Å². The number of anilines is 2. The van der Waals surface area contributed by atoms with E-state index in [9.17, 15) is 0 Å². The second kappa shape index (κ2) is 9.70. The Bertz CT molecular complexity index is 1820. The highest BCUT2D eigenvalue weighted by Crippen LogP contribution is 2.53. The lowest BCUT2D eigenvalue weighted by Crippen LogP contribution is -2.15. The molecule has 0 unspecified atom stereocenters. The van der Waals surface area contributed by atoms with Crippen molar-refractivity contribution in [2.24, 2.45) is 0 Å². The highest BCUT2D eigenvalue weighted by atomic mass is 14.9. The molecule has 1 heteroatoms. The molecule has 1 aliphatic rings. The summed E-state index contributed by atoms with van der Waals surface area (Å²) >= 11 is 0. The Morgan fingerprint density at radius 1 is 0.400 bits per heavy atom. The molecule has 0 spiro atoms. The zero-order valence-corrected chi connectivity index (χ0v) is 22.9. The molecule has 192 valence electrons. The van der Waals surface area contributed by atoms with Crippen LogP contribution in [0.25, 0.3) is 44.5 Å². The van der Waals surface area contributed by atoms with Crippen molar-refractivity contribution in [2.75, 3.05) is 5.32 Å². The Kier molecular flexibility index (Phi) is 5.86. The van der Waals surface area contributed by atoms with Crippen LogP contribution < -0.4 is 5.32 Å². The zero-order valence-electron chi connectivity index (χ0n) is 22.9. The molecule has 0 aromatic heterocycles. The summed E-state index contributed by atoms with van der Waals surface area (Å²) in [5.41, 5.74) is 15.0. The van der Waals surface area contributed by atoms with Gasteiger partial charge in [-0.05, 0) is 92.0 Å². The van der Waals surface area contributed by atoms with Crippen LogP contribution in [0.4, 0.5) is 11.4 Å². The fraction of sp³-hybridized carbons (Fsp3) is 0.0769. The van der Waals surface area contributed by atoms with Gasteiger partial charge in [0, 0.05) is 16.8 Å². The Labute approximate surface area is 236 Å². The van der Waals surface area contributed by atoms with E-state index in [0.29, 0.717) is 0 Å². The molecule has 6 aromatic rings. The predicted molar refractivity (Wildman–Crippen MR) is 170 cm³/mol. The summed E-state index contributed by atoms with van der Waals surface area (Å²) in [4.78, 5) is 0. The second-order valence-corrected chi connectivity index (χ2v) is 11.1. The molecule has 0 saturated heterocycles. The van der Waals surface area contributed by atoms with Gasteiger partial charge in [0.25, 0.3) is 0 Å². The summed E-state index contributed by atoms with van der Waals surface area (Å²) in [7, 11) is 0. The van der Waals surface area contributed by atoms with Crippen molar-refractivity contribution in [1.29, 1.82) is 0 Å². The Morgan fingerprint density at radius 2 is 1.02 bits per heavy atom. The van der Waals surface area contributed by atoms with E-state index in [-0.39, 0.29) is 5.41 Å². The van der Waals surface area contributed by atoms with E-state index in [1.54, 1.807) is 0 Å². The van der Waals surface area contributed by atoms with E-state index in [1.165, 1.54) is 55.6 Å². The van der Waals surface area contributed by atoms with Gasteiger partial charge in [0.05, 0.1) is 0 Å². The molecule has 40 heavy (non-hydrogen) atoms. The molecule has 7 rings (SSSR count). The van der Waals surface area contributed by atoms with Crippen molar-refractivity contribution in [3.63, 3.8) is 0 Å². The molecule has 0 fully saturated rings. The van der Waals surface area contributed by atoms with Crippen molar-refractivity contribution in [1.82, 2.24) is 0 Å². The van der Waals surface area contributed by atoms with Gasteiger partial charge in [-0.3, -0.25) is 0 Å². The first-order chi connectivity index (χ1) is 19.6. The topological polar surface area (TPSA) is 12.0 Å². The standard InChI is InChI=1S/C39H31N/c1-39(2)36-20-12-19-34(28-15-8-4-9-16-28)38(36)35-22-21-29(26-37(35)39)31-23-30(27-13-6-3-7-14-27)24-33(25-31)40-32-17-10-5-11-18-32/h3-26,40H,1-2H3. The van der Waals surface area contributed by atoms with Gasteiger partial charge in [-0.2, -0.15) is 0 Å². The van der Waals surface area contributed by atoms with Gasteiger partial charge < -0.3 is 5.32 Å². The van der Waals surface area contributed by atoms with Crippen LogP contribution >= 0.6 is 0 Å². The number of rotatable bonds is 5. The maximum atomic E-state index is 3.63. The minimum Gasteiger partial charge on any atom is -0.355 e. The van der Waals surface area contributed by atoms with Crippen LogP contribution in [0, 0.1) is 0 Å². The zero-order chi connectivity index (χ0) is 27.1. The number of para-hydroxylation sites is 1. The minimum atomic E-state index is -0.0897. The largest absolute Gasteiger partial charge is 0.355 e. The third-order valence-electron chi connectivity index (χ3n) is 8.22. The number of benzene rings is 6. The molecule has 0 radical (unpaired) electrons. The van der Waals surface area contributed by atoms with Gasteiger partial charge in [0.2, 0.25) is 0 Å². The quantitative estimate of drug-likeness (QED) is 0.242. The Morgan fingerprint density at radius 3 is 1.73 bits per heavy atom. The van der Waals surface area contributed by atoms with Crippen LogP contribution in [0.1, 0.15) is 25.0 Å². The monoisotopic (exact) mass is 513 g/mol. The van der Waals surface area contributed by atoms with Gasteiger partial charge in [0.15, 0.2) is 0 Å². The van der Waals surface area contributed by atoms with E-state index < -0.39 is 0 Å². The average Bonchev–Trinajstić information content (AvgIpc) is 3.24. The number of nitrogens with one attached hydrogen (secondary N) is 1. The van der Waals surface area contributed by atoms with E-state index in [1.807, 2.05) is 6.07 Å². The lowest BCUT2D eigenvalue weighted by Gasteiger charge is -2.22. The van der Waals surface area contributed by atoms with Crippen molar-refractivity contribution < 1.29 is 0 Å². The summed E-state index contributed by atoms with van der Waals surface area (Å²) in [6.07, 6.45) is 0. The van der Waals surface area contributed by atoms with Gasteiger partial charge in [-0.1, -0.05) is 123 Å². The van der Waals surface area contributed by atoms with Crippen molar-refractivity contribution in [3.8, 4) is 44.5 Å². The third-order valence-corrected chi connectivity index (χ3v) is 8.22. The lowest BCUT2D eigenvalue weighted by atomic mass is 9.81. The smallest absolute Gasteiger partial charge is 0.0396 e. The van der Waals surface area contributed by atoms with Crippen LogP contribution in [0.15, 0.2) is 146 Å². The fourth-order valence-electron chi connectivity index (χ4n) is 6.18. The maximum Gasteiger partial charge on any atom is 0.0396 e. The molecule has 1 nitrogen and oxygen atoms in total. The van der Waals surface area contributed by atoms with Gasteiger partial charge in [-0.25, -0.2) is 0 Å². The highest BCUT2D eigenvalue weighted by Gasteiger charge is 2.37. The van der Waals surface area contributed by atoms with E-state index in [0.717, 1.165) is 11.4 Å². The van der Waals surface area contributed by atoms with Crippen LogP contribution in [-0.2, 0) is 5.41 Å². The van der Waals surface area contributed by atoms with Gasteiger partial charge in [-0.15, -0.1) is 0 Å². The highest BCUT2D eigenvalue weighted by molar-refractivity contribution is 5.94. The van der Waals surface area contributed by atoms with Crippen LogP contribution in [0.3, 0.4) is 0 Å². The first kappa shape index (κ1) is 24.2. The Balaban J connectivity index is 1.37. The molecule has 1 N–H and O–H groups in total. The molecular formula is C39H31N. The number of hydrogen-bond donors (Lipinski definition) is 1. The summed E-state index contributed by atoms with van der Waals surface area (Å²) in [6.45, 7) is 4.72. The molecule has 0 heterocycles. The molecule has 0 amide bonds. The second-order valence-electron chi connectivity index (χ2n) is 11.1. The molecule has 1 aliphatic carbocycles. The Hall–Kier alpha value is -4.88. The van der Waals surface area contributed by atoms with Gasteiger partial charge in [0.1, 0.15) is 0 Å². The van der Waals surface area contributed by atoms with E-state index >= 15 is 0 Å². The molecule has 0 aliphatic heterocycles. The molecule has 6 aromatic carbocycles. The molecule has 0 saturated carbocycles. The summed E-state index contributed by atoms with van der Waals surface area (Å²) < 4.78 is 0. The normalized spacial score (nSPS) is 12.9. The van der Waals surface area contributed by atoms with Gasteiger partial charge >= 0.3 is 0 Å². The molecular weight excluding hydrogens is 482 g/mol. The summed E-state index contributed by atoms with van der Waals surface area (Å²) in [5.74, 6) is 0. The minimum absolute atomic E-state index is 0.0897.